The third-order valence-electron chi connectivity index (χ3n) is 17.3. The number of carbonyl (C=O) groups excluding carboxylic acids is 1. The monoisotopic (exact) mass is 1130 g/mol. The Kier molecular flexibility index (Phi) is 15.5. The molecule has 3 aliphatic heterocycles. The number of piperazine rings is 1. The third-order valence-corrected chi connectivity index (χ3v) is 18.6. The molecule has 4 fully saturated rings. The van der Waals surface area contributed by atoms with Crippen LogP contribution < -0.4 is 38.6 Å². The van der Waals surface area contributed by atoms with Gasteiger partial charge in [-0.1, -0.05) is 44.2 Å². The van der Waals surface area contributed by atoms with Crippen molar-refractivity contribution in [2.75, 3.05) is 76.9 Å². The van der Waals surface area contributed by atoms with Crippen LogP contribution in [0, 0.1) is 27.3 Å². The SMILES string of the molecule is COc1ccc(CN2CCN(C3CC4(CCN(c5ccc(C(=O)NS(=O)(=O)c6cnc(NCC7CCC(C)(O)CC7)c([N+](=O)[O-])c6)c(Oc6cc7c(F)c[nH]c7nc6OC)c5)CC4)C3)[C@H](c3ccccc3C(C)C)C2)c2c1OCCO2. The van der Waals surface area contributed by atoms with Crippen LogP contribution in [0.4, 0.5) is 21.6 Å². The van der Waals surface area contributed by atoms with Gasteiger partial charge in [0, 0.05) is 93.5 Å². The van der Waals surface area contributed by atoms with Gasteiger partial charge >= 0.3 is 5.69 Å². The largest absolute Gasteiger partial charge is 0.493 e. The standard InChI is InChI=1S/C59H70FN9O11S/c1-36(2)42-8-6-7-9-43(42)48-35-66(34-38-10-13-49(76-4)53-52(38)78-24-25-79-53)22-23-68(48)40-29-59(30-40)18-20-67(21-19-59)39-11-12-44(50(26-39)80-51-28-45-46(60)33-63-54(45)64-57(51)77-5)56(70)65-81(74,75)41-27-47(69(72)73)55(62-32-41)61-31-37-14-16-58(3,71)17-15-37/h6-13,26-28,32-33,36-37,40,48,71H,14-25,29-31,34-35H2,1-5H3,(H,61,62)(H,63,64)(H,65,70)/t37?,48-,58?/m0/s1. The highest BCUT2D eigenvalue weighted by Gasteiger charge is 2.50. The summed E-state index contributed by atoms with van der Waals surface area (Å²) in [5, 5.41) is 25.7. The highest BCUT2D eigenvalue weighted by Crippen LogP contribution is 2.54. The van der Waals surface area contributed by atoms with Gasteiger partial charge in [0.15, 0.2) is 17.2 Å². The zero-order valence-electron chi connectivity index (χ0n) is 46.3. The van der Waals surface area contributed by atoms with E-state index in [2.05, 4.69) is 83.9 Å². The molecule has 3 aromatic carbocycles. The van der Waals surface area contributed by atoms with Crippen LogP contribution in [0.1, 0.15) is 111 Å². The van der Waals surface area contributed by atoms with Crippen LogP contribution in [0.3, 0.4) is 0 Å². The van der Waals surface area contributed by atoms with Crippen LogP contribution in [-0.2, 0) is 16.6 Å². The third kappa shape index (κ3) is 11.5. The molecule has 1 spiro atoms. The van der Waals surface area contributed by atoms with Gasteiger partial charge in [-0.3, -0.25) is 24.7 Å². The number of ether oxygens (including phenoxy) is 5. The molecule has 430 valence electrons. The van der Waals surface area contributed by atoms with E-state index < -0.39 is 42.9 Å². The summed E-state index contributed by atoms with van der Waals surface area (Å²) >= 11 is 0. The fourth-order valence-electron chi connectivity index (χ4n) is 12.7. The molecule has 2 saturated carbocycles. The van der Waals surface area contributed by atoms with Crippen LogP contribution in [0.25, 0.3) is 11.0 Å². The van der Waals surface area contributed by atoms with Gasteiger partial charge in [-0.2, -0.15) is 4.98 Å². The highest BCUT2D eigenvalue weighted by atomic mass is 32.2. The van der Waals surface area contributed by atoms with Gasteiger partial charge in [0.1, 0.15) is 35.3 Å². The number of carbonyl (C=O) groups is 1. The zero-order chi connectivity index (χ0) is 56.8. The molecule has 20 nitrogen and oxygen atoms in total. The minimum Gasteiger partial charge on any atom is -0.493 e. The summed E-state index contributed by atoms with van der Waals surface area (Å²) < 4.78 is 74.6. The predicted octanol–water partition coefficient (Wildman–Crippen LogP) is 9.49. The second kappa shape index (κ2) is 22.6. The van der Waals surface area contributed by atoms with Crippen molar-refractivity contribution in [3.05, 3.63) is 117 Å². The number of pyridine rings is 2. The molecule has 0 radical (unpaired) electrons. The van der Waals surface area contributed by atoms with Gasteiger partial charge in [-0.05, 0) is 105 Å². The Morgan fingerprint density at radius 3 is 2.43 bits per heavy atom. The number of aromatic amines is 1. The summed E-state index contributed by atoms with van der Waals surface area (Å²) in [5.74, 6) is 0.664. The molecule has 4 N–H and O–H groups in total. The first-order valence-corrected chi connectivity index (χ1v) is 29.4. The van der Waals surface area contributed by atoms with E-state index in [0.717, 1.165) is 81.6 Å². The molecule has 2 aliphatic carbocycles. The maximum Gasteiger partial charge on any atom is 0.312 e. The Labute approximate surface area is 470 Å². The Balaban J connectivity index is 0.803. The lowest BCUT2D eigenvalue weighted by molar-refractivity contribution is -0.384. The van der Waals surface area contributed by atoms with Crippen molar-refractivity contribution in [3.8, 4) is 34.6 Å². The van der Waals surface area contributed by atoms with E-state index in [1.165, 1.54) is 30.4 Å². The van der Waals surface area contributed by atoms with Crippen LogP contribution in [0.15, 0.2) is 84.0 Å². The van der Waals surface area contributed by atoms with E-state index >= 15 is 0 Å². The quantitative estimate of drug-likeness (QED) is 0.0491. The summed E-state index contributed by atoms with van der Waals surface area (Å²) in [5.41, 5.74) is 3.34. The smallest absolute Gasteiger partial charge is 0.312 e. The number of fused-ring (bicyclic) bond motifs is 2. The van der Waals surface area contributed by atoms with Gasteiger partial charge in [-0.15, -0.1) is 0 Å². The average Bonchev–Trinajstić information content (AvgIpc) is 3.98. The van der Waals surface area contributed by atoms with Crippen LogP contribution >= 0.6 is 0 Å². The minimum atomic E-state index is -4.76. The molecular formula is C59H70FN9O11S. The molecule has 11 rings (SSSR count). The highest BCUT2D eigenvalue weighted by molar-refractivity contribution is 7.90. The zero-order valence-corrected chi connectivity index (χ0v) is 47.2. The number of aliphatic hydroxyl groups is 1. The van der Waals surface area contributed by atoms with Gasteiger partial charge in [0.25, 0.3) is 21.8 Å². The fraction of sp³-hybridized carbons (Fsp3) is 0.475. The van der Waals surface area contributed by atoms with Crippen molar-refractivity contribution >= 4 is 44.2 Å². The molecule has 0 unspecified atom stereocenters. The molecule has 1 atom stereocenters. The van der Waals surface area contributed by atoms with E-state index in [-0.39, 0.29) is 57.2 Å². The van der Waals surface area contributed by atoms with Crippen molar-refractivity contribution in [1.82, 2.24) is 29.5 Å². The number of halogens is 1. The lowest BCUT2D eigenvalue weighted by Gasteiger charge is -2.58. The first kappa shape index (κ1) is 55.6. The second-order valence-corrected chi connectivity index (χ2v) is 24.6. The van der Waals surface area contributed by atoms with E-state index in [0.29, 0.717) is 87.7 Å². The number of sulfonamides is 1. The summed E-state index contributed by atoms with van der Waals surface area (Å²) in [6, 6.07) is 20.6. The maximum atomic E-state index is 15.0. The van der Waals surface area contributed by atoms with Crippen molar-refractivity contribution in [2.24, 2.45) is 11.3 Å². The normalized spacial score (nSPS) is 21.4. The van der Waals surface area contributed by atoms with Crippen LogP contribution in [0.5, 0.6) is 34.6 Å². The number of hydrogen-bond donors (Lipinski definition) is 4. The predicted molar refractivity (Wildman–Crippen MR) is 302 cm³/mol. The lowest BCUT2D eigenvalue weighted by atomic mass is 9.59. The van der Waals surface area contributed by atoms with E-state index in [4.69, 9.17) is 23.7 Å². The fourth-order valence-corrected chi connectivity index (χ4v) is 13.6. The minimum absolute atomic E-state index is 0.0209. The van der Waals surface area contributed by atoms with E-state index in [1.807, 2.05) is 6.07 Å². The molecule has 0 bridgehead atoms. The van der Waals surface area contributed by atoms with Gasteiger partial charge < -0.3 is 44.0 Å². The molecular weight excluding hydrogens is 1060 g/mol. The van der Waals surface area contributed by atoms with Gasteiger partial charge in [0.05, 0.1) is 41.9 Å². The van der Waals surface area contributed by atoms with Gasteiger partial charge in [0.2, 0.25) is 11.6 Å². The maximum absolute atomic E-state index is 15.0. The summed E-state index contributed by atoms with van der Waals surface area (Å²) in [4.78, 5) is 43.9. The van der Waals surface area contributed by atoms with Crippen molar-refractivity contribution < 1.29 is 51.3 Å². The first-order chi connectivity index (χ1) is 38.9. The molecule has 2 saturated heterocycles. The van der Waals surface area contributed by atoms with Crippen LogP contribution in [-0.4, -0.2) is 127 Å². The molecule has 5 aliphatic rings. The number of nitrogens with one attached hydrogen (secondary N) is 3. The van der Waals surface area contributed by atoms with Crippen molar-refractivity contribution in [3.63, 3.8) is 0 Å². The lowest BCUT2D eigenvalue weighted by Crippen LogP contribution is -2.60. The second-order valence-electron chi connectivity index (χ2n) is 23.0. The Hall–Kier alpha value is -7.27. The number of rotatable bonds is 17. The van der Waals surface area contributed by atoms with E-state index in [1.54, 1.807) is 26.2 Å². The number of benzene rings is 3. The number of anilines is 2. The number of piperidine rings is 1. The van der Waals surface area contributed by atoms with Crippen LogP contribution in [0.2, 0.25) is 0 Å². The number of nitro groups is 1. The Morgan fingerprint density at radius 1 is 0.951 bits per heavy atom. The molecule has 1 amide bonds. The molecule has 22 heteroatoms. The van der Waals surface area contributed by atoms with E-state index in [9.17, 15) is 32.8 Å². The number of methoxy groups -OCH3 is 2. The number of nitrogens with zero attached hydrogens (tertiary/aromatic N) is 6. The Bertz CT molecular complexity index is 3440. The summed E-state index contributed by atoms with van der Waals surface area (Å²) in [6.07, 6.45) is 8.68. The summed E-state index contributed by atoms with van der Waals surface area (Å²) in [7, 11) is -1.74. The molecule has 6 aromatic rings. The molecule has 3 aromatic heterocycles. The van der Waals surface area contributed by atoms with Gasteiger partial charge in [-0.25, -0.2) is 22.5 Å². The number of hydrogen-bond acceptors (Lipinski definition) is 17. The topological polar surface area (TPSA) is 236 Å². The number of H-pyrrole nitrogens is 1. The molecule has 6 heterocycles. The number of amides is 1. The molecule has 81 heavy (non-hydrogen) atoms. The van der Waals surface area contributed by atoms with Crippen molar-refractivity contribution in [2.45, 2.75) is 107 Å². The average molecular weight is 1130 g/mol. The van der Waals surface area contributed by atoms with Crippen molar-refractivity contribution in [1.29, 1.82) is 0 Å². The summed E-state index contributed by atoms with van der Waals surface area (Å²) in [6.45, 7) is 12.4. The first-order valence-electron chi connectivity index (χ1n) is 27.9. The Morgan fingerprint density at radius 2 is 1.70 bits per heavy atom. The number of aromatic nitrogens is 3.